The average molecular weight is 389 g/mol. The molecule has 0 fully saturated rings. The van der Waals surface area contributed by atoms with E-state index in [1.807, 2.05) is 0 Å². The first-order valence-corrected chi connectivity index (χ1v) is 8.44. The van der Waals surface area contributed by atoms with Crippen LogP contribution in [0.5, 0.6) is 0 Å². The topological polar surface area (TPSA) is 71.8 Å². The maximum atomic E-state index is 12.8. The molecular weight excluding hydrogens is 371 g/mol. The van der Waals surface area contributed by atoms with E-state index >= 15 is 0 Å². The molecule has 0 unspecified atom stereocenters. The van der Waals surface area contributed by atoms with E-state index in [2.05, 4.69) is 20.6 Å². The second-order valence-electron chi connectivity index (χ2n) is 6.15. The molecule has 0 saturated carbocycles. The van der Waals surface area contributed by atoms with Crippen molar-refractivity contribution >= 4 is 11.7 Å². The minimum absolute atomic E-state index is 0.201. The number of amides is 1. The Bertz CT molecular complexity index is 951. The Morgan fingerprint density at radius 2 is 2.00 bits per heavy atom. The van der Waals surface area contributed by atoms with Gasteiger partial charge in [-0.25, -0.2) is 4.98 Å². The number of nitrogens with one attached hydrogen (secondary N) is 2. The Kier molecular flexibility index (Phi) is 5.74. The minimum atomic E-state index is -4.39. The molecule has 9 heteroatoms. The lowest BCUT2D eigenvalue weighted by molar-refractivity contribution is -0.137. The number of carbonyl (C=O) groups excluding carboxylic acids is 1. The summed E-state index contributed by atoms with van der Waals surface area (Å²) in [6.07, 6.45) is 0.0909. The van der Waals surface area contributed by atoms with Crippen LogP contribution >= 0.6 is 0 Å². The molecule has 146 valence electrons. The van der Waals surface area contributed by atoms with Gasteiger partial charge in [-0.2, -0.15) is 13.2 Å². The van der Waals surface area contributed by atoms with Crippen LogP contribution in [0.3, 0.4) is 0 Å². The zero-order valence-corrected chi connectivity index (χ0v) is 15.0. The summed E-state index contributed by atoms with van der Waals surface area (Å²) in [5.74, 6) is -0.0656. The van der Waals surface area contributed by atoms with Crippen molar-refractivity contribution in [1.29, 1.82) is 0 Å². The van der Waals surface area contributed by atoms with E-state index in [1.165, 1.54) is 18.6 Å². The first kappa shape index (κ1) is 19.6. The van der Waals surface area contributed by atoms with Crippen molar-refractivity contribution in [2.45, 2.75) is 19.3 Å². The van der Waals surface area contributed by atoms with Crippen LogP contribution in [-0.4, -0.2) is 27.5 Å². The molecule has 1 aromatic carbocycles. The van der Waals surface area contributed by atoms with Crippen molar-refractivity contribution in [3.63, 3.8) is 0 Å². The summed E-state index contributed by atoms with van der Waals surface area (Å²) in [7, 11) is 1.80. The van der Waals surface area contributed by atoms with Gasteiger partial charge >= 0.3 is 6.18 Å². The van der Waals surface area contributed by atoms with E-state index in [4.69, 9.17) is 0 Å². The monoisotopic (exact) mass is 389 g/mol. The Morgan fingerprint density at radius 1 is 1.18 bits per heavy atom. The second kappa shape index (κ2) is 8.22. The number of imidazole rings is 1. The highest BCUT2D eigenvalue weighted by Crippen LogP contribution is 2.29. The van der Waals surface area contributed by atoms with Crippen molar-refractivity contribution in [1.82, 2.24) is 19.9 Å². The van der Waals surface area contributed by atoms with E-state index in [9.17, 15) is 18.0 Å². The average Bonchev–Trinajstić information content (AvgIpc) is 3.09. The van der Waals surface area contributed by atoms with Gasteiger partial charge in [0.25, 0.3) is 5.91 Å². The van der Waals surface area contributed by atoms with E-state index in [0.717, 1.165) is 17.8 Å². The van der Waals surface area contributed by atoms with Gasteiger partial charge in [-0.15, -0.1) is 0 Å². The molecule has 0 atom stereocenters. The number of halogens is 3. The third-order valence-electron chi connectivity index (χ3n) is 3.94. The minimum Gasteiger partial charge on any atom is -0.331 e. The van der Waals surface area contributed by atoms with E-state index in [-0.39, 0.29) is 12.5 Å². The molecule has 2 N–H and O–H groups in total. The number of nitrogens with zero attached hydrogens (tertiary/aromatic N) is 3. The van der Waals surface area contributed by atoms with Gasteiger partial charge in [-0.05, 0) is 36.9 Å². The lowest BCUT2D eigenvalue weighted by atomic mass is 10.1. The molecule has 0 aliphatic rings. The molecule has 0 aliphatic carbocycles. The zero-order valence-electron chi connectivity index (χ0n) is 15.0. The van der Waals surface area contributed by atoms with E-state index in [1.54, 1.807) is 36.0 Å². The Hall–Kier alpha value is -3.20. The molecule has 2 heterocycles. The molecular formula is C19H18F3N5O. The summed E-state index contributed by atoms with van der Waals surface area (Å²) < 4.78 is 40.0. The predicted octanol–water partition coefficient (Wildman–Crippen LogP) is 3.32. The predicted molar refractivity (Wildman–Crippen MR) is 97.7 cm³/mol. The largest absolute Gasteiger partial charge is 0.416 e. The summed E-state index contributed by atoms with van der Waals surface area (Å²) in [5.41, 5.74) is 0.971. The van der Waals surface area contributed by atoms with Gasteiger partial charge in [-0.1, -0.05) is 12.1 Å². The molecule has 28 heavy (non-hydrogen) atoms. The van der Waals surface area contributed by atoms with Gasteiger partial charge in [0.05, 0.1) is 23.1 Å². The van der Waals surface area contributed by atoms with Crippen molar-refractivity contribution < 1.29 is 18.0 Å². The standard InChI is InChI=1S/C19H18F3N5O/c1-23-9-16-6-5-14(8-24-16)18(28)26-17-11-27(12-25-17)10-13-3-2-4-15(7-13)19(20,21)22/h2-8,11-12,23H,9-10H2,1H3,(H,26,28). The first-order valence-electron chi connectivity index (χ1n) is 8.44. The summed E-state index contributed by atoms with van der Waals surface area (Å²) in [5, 5.41) is 5.61. The van der Waals surface area contributed by atoms with Gasteiger partial charge in [0, 0.05) is 25.5 Å². The second-order valence-corrected chi connectivity index (χ2v) is 6.15. The van der Waals surface area contributed by atoms with E-state index < -0.39 is 11.7 Å². The van der Waals surface area contributed by atoms with Gasteiger partial charge in [0.2, 0.25) is 0 Å². The molecule has 2 aromatic heterocycles. The highest BCUT2D eigenvalue weighted by atomic mass is 19.4. The van der Waals surface area contributed by atoms with Crippen molar-refractivity contribution in [3.8, 4) is 0 Å². The molecule has 3 rings (SSSR count). The summed E-state index contributed by atoms with van der Waals surface area (Å²) in [6.45, 7) is 0.801. The summed E-state index contributed by atoms with van der Waals surface area (Å²) in [4.78, 5) is 20.5. The fourth-order valence-electron chi connectivity index (χ4n) is 2.60. The van der Waals surface area contributed by atoms with Gasteiger partial charge in [0.15, 0.2) is 5.82 Å². The Balaban J connectivity index is 1.65. The lowest BCUT2D eigenvalue weighted by Gasteiger charge is -2.09. The van der Waals surface area contributed by atoms with Crippen LogP contribution in [-0.2, 0) is 19.3 Å². The number of aromatic nitrogens is 3. The van der Waals surface area contributed by atoms with Crippen LogP contribution in [0.15, 0.2) is 55.1 Å². The molecule has 0 spiro atoms. The van der Waals surface area contributed by atoms with Crippen LogP contribution in [0.1, 0.15) is 27.2 Å². The number of anilines is 1. The molecule has 1 amide bonds. The normalized spacial score (nSPS) is 11.4. The smallest absolute Gasteiger partial charge is 0.331 e. The molecule has 3 aromatic rings. The van der Waals surface area contributed by atoms with Crippen molar-refractivity contribution in [2.75, 3.05) is 12.4 Å². The zero-order chi connectivity index (χ0) is 20.1. The molecule has 0 bridgehead atoms. The van der Waals surface area contributed by atoms with Crippen LogP contribution in [0.4, 0.5) is 19.0 Å². The van der Waals surface area contributed by atoms with Gasteiger partial charge in [0.1, 0.15) is 0 Å². The third kappa shape index (κ3) is 4.95. The van der Waals surface area contributed by atoms with E-state index in [0.29, 0.717) is 23.5 Å². The number of hydrogen-bond donors (Lipinski definition) is 2. The quantitative estimate of drug-likeness (QED) is 0.679. The summed E-state index contributed by atoms with van der Waals surface area (Å²) in [6, 6.07) is 8.50. The SMILES string of the molecule is CNCc1ccc(C(=O)Nc2cn(Cc3cccc(C(F)(F)F)c3)cn2)cn1. The number of carbonyl (C=O) groups is 1. The maximum Gasteiger partial charge on any atom is 0.416 e. The van der Waals surface area contributed by atoms with Crippen molar-refractivity contribution in [2.24, 2.45) is 0 Å². The first-order chi connectivity index (χ1) is 13.3. The molecule has 0 radical (unpaired) electrons. The number of alkyl halides is 3. The Labute approximate surface area is 159 Å². The number of benzene rings is 1. The highest BCUT2D eigenvalue weighted by Gasteiger charge is 2.30. The number of pyridine rings is 1. The number of rotatable bonds is 6. The van der Waals surface area contributed by atoms with Crippen LogP contribution in [0.25, 0.3) is 0 Å². The van der Waals surface area contributed by atoms with Gasteiger partial charge in [-0.3, -0.25) is 9.78 Å². The third-order valence-corrected chi connectivity index (χ3v) is 3.94. The fourth-order valence-corrected chi connectivity index (χ4v) is 2.60. The molecule has 6 nitrogen and oxygen atoms in total. The maximum absolute atomic E-state index is 12.8. The van der Waals surface area contributed by atoms with Crippen LogP contribution < -0.4 is 10.6 Å². The van der Waals surface area contributed by atoms with Crippen molar-refractivity contribution in [3.05, 3.63) is 77.5 Å². The highest BCUT2D eigenvalue weighted by molar-refractivity contribution is 6.03. The fraction of sp³-hybridized carbons (Fsp3) is 0.211. The molecule has 0 saturated heterocycles. The summed E-state index contributed by atoms with van der Waals surface area (Å²) >= 11 is 0. The molecule has 0 aliphatic heterocycles. The lowest BCUT2D eigenvalue weighted by Crippen LogP contribution is -2.13. The van der Waals surface area contributed by atoms with Crippen LogP contribution in [0.2, 0.25) is 0 Å². The Morgan fingerprint density at radius 3 is 2.68 bits per heavy atom. The number of hydrogen-bond acceptors (Lipinski definition) is 4. The van der Waals surface area contributed by atoms with Gasteiger partial charge < -0.3 is 15.2 Å². The van der Waals surface area contributed by atoms with Crippen LogP contribution in [0, 0.1) is 0 Å².